The first-order chi connectivity index (χ1) is 6.60. The summed E-state index contributed by atoms with van der Waals surface area (Å²) in [5.74, 6) is -0.453. The first-order valence-corrected chi connectivity index (χ1v) is 7.30. The third-order valence-corrected chi connectivity index (χ3v) is 2.97. The summed E-state index contributed by atoms with van der Waals surface area (Å²) in [7, 11) is -7.43. The molecule has 1 aromatic heterocycles. The van der Waals surface area contributed by atoms with Crippen molar-refractivity contribution in [3.8, 4) is 0 Å². The number of nitrogens with zero attached hydrogens (tertiary/aromatic N) is 3. The third kappa shape index (κ3) is 2.83. The fraction of sp³-hybridized carbons (Fsp3) is 0.400. The molecule has 2 N–H and O–H groups in total. The van der Waals surface area contributed by atoms with E-state index >= 15 is 0 Å². The van der Waals surface area contributed by atoms with Gasteiger partial charge in [0.15, 0.2) is 0 Å². The Morgan fingerprint density at radius 2 is 1.20 bits per heavy atom. The predicted molar refractivity (Wildman–Crippen MR) is 50.5 cm³/mol. The smallest absolute Gasteiger partial charge is 0.252 e. The molecule has 1 rings (SSSR count). The molecule has 0 unspecified atom stereocenters. The molecule has 0 bridgehead atoms. The third-order valence-electron chi connectivity index (χ3n) is 1.27. The molecule has 15 heavy (non-hydrogen) atoms. The summed E-state index contributed by atoms with van der Waals surface area (Å²) in [5, 5.41) is -1.31. The summed E-state index contributed by atoms with van der Waals surface area (Å²) in [6, 6.07) is 0. The Hall–Kier alpha value is -1.29. The lowest BCUT2D eigenvalue weighted by Gasteiger charge is -2.00. The summed E-state index contributed by atoms with van der Waals surface area (Å²) >= 11 is 0. The second-order valence-corrected chi connectivity index (χ2v) is 6.62. The fourth-order valence-corrected chi connectivity index (χ4v) is 1.77. The van der Waals surface area contributed by atoms with Crippen molar-refractivity contribution in [3.63, 3.8) is 0 Å². The number of rotatable bonds is 2. The van der Waals surface area contributed by atoms with Gasteiger partial charge in [-0.1, -0.05) is 0 Å². The Morgan fingerprint density at radius 3 is 1.47 bits per heavy atom. The average Bonchev–Trinajstić information content (AvgIpc) is 1.99. The molecule has 0 spiro atoms. The van der Waals surface area contributed by atoms with E-state index in [1.54, 1.807) is 0 Å². The molecular formula is C5H8N4O4S2. The molecule has 1 aromatic rings. The topological polar surface area (TPSA) is 133 Å². The van der Waals surface area contributed by atoms with Crippen LogP contribution >= 0.6 is 0 Å². The minimum atomic E-state index is -3.71. The summed E-state index contributed by atoms with van der Waals surface area (Å²) in [6.07, 6.45) is 1.68. The SMILES string of the molecule is CS(=O)(=O)c1nc(N)nc(S(C)(=O)=O)n1. The van der Waals surface area contributed by atoms with Gasteiger partial charge in [-0.3, -0.25) is 0 Å². The summed E-state index contributed by atoms with van der Waals surface area (Å²) in [6.45, 7) is 0. The van der Waals surface area contributed by atoms with Crippen molar-refractivity contribution < 1.29 is 16.8 Å². The Morgan fingerprint density at radius 1 is 0.867 bits per heavy atom. The first kappa shape index (κ1) is 11.8. The molecule has 0 saturated heterocycles. The van der Waals surface area contributed by atoms with E-state index in [-0.39, 0.29) is 0 Å². The van der Waals surface area contributed by atoms with Gasteiger partial charge in [0.2, 0.25) is 25.6 Å². The Balaban J connectivity index is 3.57. The van der Waals surface area contributed by atoms with Gasteiger partial charge in [0, 0.05) is 12.5 Å². The van der Waals surface area contributed by atoms with E-state index in [1.165, 1.54) is 0 Å². The van der Waals surface area contributed by atoms with E-state index in [4.69, 9.17) is 5.73 Å². The molecule has 0 aliphatic carbocycles. The Bertz CT molecular complexity index is 541. The van der Waals surface area contributed by atoms with E-state index in [9.17, 15) is 16.8 Å². The van der Waals surface area contributed by atoms with Crippen molar-refractivity contribution in [3.05, 3.63) is 0 Å². The number of nitrogens with two attached hydrogens (primary N) is 1. The van der Waals surface area contributed by atoms with Crippen LogP contribution in [-0.4, -0.2) is 44.3 Å². The van der Waals surface area contributed by atoms with Gasteiger partial charge >= 0.3 is 0 Å². The molecule has 0 aromatic carbocycles. The van der Waals surface area contributed by atoms with Crippen molar-refractivity contribution >= 4 is 25.6 Å². The maximum Gasteiger partial charge on any atom is 0.252 e. The molecular weight excluding hydrogens is 244 g/mol. The standard InChI is InChI=1S/C5H8N4O4S2/c1-14(10,11)4-7-3(6)8-5(9-4)15(2,12)13/h1-2H3,(H2,6,7,8,9). The van der Waals surface area contributed by atoms with Gasteiger partial charge in [-0.2, -0.15) is 15.0 Å². The van der Waals surface area contributed by atoms with Crippen LogP contribution in [0.2, 0.25) is 0 Å². The van der Waals surface area contributed by atoms with E-state index in [0.717, 1.165) is 12.5 Å². The predicted octanol–water partition coefficient (Wildman–Crippen LogP) is -1.74. The zero-order valence-electron chi connectivity index (χ0n) is 7.87. The summed E-state index contributed by atoms with van der Waals surface area (Å²) in [4.78, 5) is 9.94. The quantitative estimate of drug-likeness (QED) is 0.655. The van der Waals surface area contributed by atoms with Crippen LogP contribution in [0.15, 0.2) is 10.3 Å². The van der Waals surface area contributed by atoms with Gasteiger partial charge in [0.05, 0.1) is 0 Å². The molecule has 84 valence electrons. The van der Waals surface area contributed by atoms with Crippen LogP contribution in [0.4, 0.5) is 5.95 Å². The number of hydrogen-bond acceptors (Lipinski definition) is 8. The van der Waals surface area contributed by atoms with E-state index in [2.05, 4.69) is 15.0 Å². The number of anilines is 1. The number of hydrogen-bond donors (Lipinski definition) is 1. The number of sulfone groups is 2. The minimum absolute atomic E-state index is 0.453. The van der Waals surface area contributed by atoms with Gasteiger partial charge in [0.25, 0.3) is 10.3 Å². The maximum absolute atomic E-state index is 11.1. The van der Waals surface area contributed by atoms with E-state index in [0.29, 0.717) is 0 Å². The molecule has 0 saturated carbocycles. The lowest BCUT2D eigenvalue weighted by Crippen LogP contribution is -2.14. The van der Waals surface area contributed by atoms with Crippen LogP contribution in [0, 0.1) is 0 Å². The van der Waals surface area contributed by atoms with Gasteiger partial charge < -0.3 is 5.73 Å². The van der Waals surface area contributed by atoms with E-state index in [1.807, 2.05) is 0 Å². The number of nitrogen functional groups attached to an aromatic ring is 1. The molecule has 1 heterocycles. The fourth-order valence-electron chi connectivity index (χ4n) is 0.684. The lowest BCUT2D eigenvalue weighted by atomic mass is 11.0. The summed E-state index contributed by atoms with van der Waals surface area (Å²) < 4.78 is 44.2. The summed E-state index contributed by atoms with van der Waals surface area (Å²) in [5.41, 5.74) is 5.16. The van der Waals surface area contributed by atoms with Crippen molar-refractivity contribution in [2.75, 3.05) is 18.2 Å². The molecule has 0 atom stereocenters. The highest BCUT2D eigenvalue weighted by atomic mass is 32.2. The molecule has 0 aliphatic heterocycles. The van der Waals surface area contributed by atoms with Crippen molar-refractivity contribution in [2.45, 2.75) is 10.3 Å². The monoisotopic (exact) mass is 252 g/mol. The Kier molecular flexibility index (Phi) is 2.65. The normalized spacial score (nSPS) is 12.7. The highest BCUT2D eigenvalue weighted by molar-refractivity contribution is 7.91. The number of aromatic nitrogens is 3. The second-order valence-electron chi connectivity index (χ2n) is 2.80. The largest absolute Gasteiger partial charge is 0.368 e. The van der Waals surface area contributed by atoms with Gasteiger partial charge in [-0.15, -0.1) is 0 Å². The van der Waals surface area contributed by atoms with Crippen LogP contribution in [-0.2, 0) is 19.7 Å². The van der Waals surface area contributed by atoms with Crippen LogP contribution in [0.5, 0.6) is 0 Å². The second kappa shape index (κ2) is 3.38. The van der Waals surface area contributed by atoms with Crippen LogP contribution < -0.4 is 5.73 Å². The maximum atomic E-state index is 11.1. The Labute approximate surface area is 86.4 Å². The van der Waals surface area contributed by atoms with Crippen molar-refractivity contribution in [1.82, 2.24) is 15.0 Å². The van der Waals surface area contributed by atoms with E-state index < -0.39 is 35.9 Å². The molecule has 10 heteroatoms. The zero-order valence-corrected chi connectivity index (χ0v) is 9.50. The van der Waals surface area contributed by atoms with Crippen LogP contribution in [0.3, 0.4) is 0 Å². The highest BCUT2D eigenvalue weighted by Gasteiger charge is 2.19. The molecule has 0 aliphatic rings. The molecule has 0 radical (unpaired) electrons. The average molecular weight is 252 g/mol. The highest BCUT2D eigenvalue weighted by Crippen LogP contribution is 2.07. The molecule has 0 amide bonds. The lowest BCUT2D eigenvalue weighted by molar-refractivity contribution is 0.577. The van der Waals surface area contributed by atoms with Gasteiger partial charge in [-0.05, 0) is 0 Å². The van der Waals surface area contributed by atoms with Gasteiger partial charge in [0.1, 0.15) is 0 Å². The van der Waals surface area contributed by atoms with Gasteiger partial charge in [-0.25, -0.2) is 16.8 Å². The van der Waals surface area contributed by atoms with Crippen molar-refractivity contribution in [2.24, 2.45) is 0 Å². The molecule has 8 nitrogen and oxygen atoms in total. The van der Waals surface area contributed by atoms with Crippen LogP contribution in [0.25, 0.3) is 0 Å². The minimum Gasteiger partial charge on any atom is -0.368 e. The van der Waals surface area contributed by atoms with Crippen molar-refractivity contribution in [1.29, 1.82) is 0 Å². The first-order valence-electron chi connectivity index (χ1n) is 3.52. The van der Waals surface area contributed by atoms with Crippen LogP contribution in [0.1, 0.15) is 0 Å². The zero-order chi connectivity index (χ0) is 11.9. The molecule has 0 fully saturated rings.